The van der Waals surface area contributed by atoms with Gasteiger partial charge in [0.2, 0.25) is 0 Å². The van der Waals surface area contributed by atoms with Gasteiger partial charge in [0.1, 0.15) is 0 Å². The van der Waals surface area contributed by atoms with Crippen LogP contribution in [0.5, 0.6) is 0 Å². The molecular weight excluding hydrogens is 333 g/mol. The maximum Gasteiger partial charge on any atom is 0.165 e. The van der Waals surface area contributed by atoms with E-state index in [9.17, 15) is 0 Å². The summed E-state index contributed by atoms with van der Waals surface area (Å²) >= 11 is 0. The maximum absolute atomic E-state index is 5.79. The van der Waals surface area contributed by atoms with Gasteiger partial charge in [-0.15, -0.1) is 0 Å². The topological polar surface area (TPSA) is 74.7 Å². The van der Waals surface area contributed by atoms with Gasteiger partial charge in [0.05, 0.1) is 0 Å². The van der Waals surface area contributed by atoms with Crippen LogP contribution in [0.3, 0.4) is 0 Å². The number of nitrogens with two attached hydrogens (primary N) is 1. The summed E-state index contributed by atoms with van der Waals surface area (Å²) in [7, 11) is 0. The van der Waals surface area contributed by atoms with Crippen LogP contribution in [-0.4, -0.2) is 32.4 Å². The standard InChI is InChI=1S/C13H16N4O2.Y/c1-8-10(19-13(2,3)18-8)6-9-7-16-12-11(14)15-4-5-17(9)12;/h4-8,10H,1H2,2-3H3,(H2,14,15);/q-2;/t8-,10+;/m1./s1. The molecule has 105 valence electrons. The quantitative estimate of drug-likeness (QED) is 0.825. The van der Waals surface area contributed by atoms with E-state index in [0.717, 1.165) is 5.69 Å². The minimum atomic E-state index is -0.616. The van der Waals surface area contributed by atoms with Crippen molar-refractivity contribution in [2.24, 2.45) is 0 Å². The summed E-state index contributed by atoms with van der Waals surface area (Å²) in [4.78, 5) is 8.25. The van der Waals surface area contributed by atoms with Crippen LogP contribution in [0, 0.1) is 13.3 Å². The van der Waals surface area contributed by atoms with E-state index >= 15 is 0 Å². The van der Waals surface area contributed by atoms with Gasteiger partial charge >= 0.3 is 0 Å². The number of ether oxygens (including phenoxy) is 2. The number of fused-ring (bicyclic) bond motifs is 1. The fourth-order valence-electron chi connectivity index (χ4n) is 2.25. The molecule has 1 radical (unpaired) electrons. The average molecular weight is 349 g/mol. The zero-order chi connectivity index (χ0) is 13.6. The Hall–Kier alpha value is -0.686. The summed E-state index contributed by atoms with van der Waals surface area (Å²) in [5, 5.41) is 0. The van der Waals surface area contributed by atoms with Gasteiger partial charge in [-0.05, 0) is 20.0 Å². The molecular formula is C13H16N4O2Y-2. The Morgan fingerprint density at radius 1 is 1.40 bits per heavy atom. The largest absolute Gasteiger partial charge is 0.381 e. The molecule has 0 aliphatic carbocycles. The molecule has 20 heavy (non-hydrogen) atoms. The van der Waals surface area contributed by atoms with Crippen LogP contribution in [0.2, 0.25) is 0 Å². The summed E-state index contributed by atoms with van der Waals surface area (Å²) in [6.07, 6.45) is 6.65. The molecule has 1 aliphatic heterocycles. The number of anilines is 1. The molecule has 0 bridgehead atoms. The van der Waals surface area contributed by atoms with Gasteiger partial charge in [0.15, 0.2) is 17.3 Å². The number of aromatic nitrogens is 3. The SMILES string of the molecule is [CH2-][C@H]1OC(C)(C)O[C@H]1[CH-]c1cnc2c(N)nccn12.[Y]. The van der Waals surface area contributed by atoms with Crippen LogP contribution < -0.4 is 5.73 Å². The predicted molar refractivity (Wildman–Crippen MR) is 70.0 cm³/mol. The fraction of sp³-hybridized carbons (Fsp3) is 0.385. The Morgan fingerprint density at radius 2 is 2.15 bits per heavy atom. The third-order valence-electron chi connectivity index (χ3n) is 3.04. The van der Waals surface area contributed by atoms with Gasteiger partial charge in [0.25, 0.3) is 0 Å². The van der Waals surface area contributed by atoms with E-state index in [1.807, 2.05) is 30.9 Å². The first-order valence-electron chi connectivity index (χ1n) is 6.07. The smallest absolute Gasteiger partial charge is 0.165 e. The first kappa shape index (κ1) is 15.7. The molecule has 3 rings (SSSR count). The van der Waals surface area contributed by atoms with Crippen molar-refractivity contribution in [1.82, 2.24) is 14.4 Å². The average Bonchev–Trinajstić information content (AvgIpc) is 2.82. The second-order valence-corrected chi connectivity index (χ2v) is 4.99. The molecule has 0 spiro atoms. The number of imidazole rings is 1. The van der Waals surface area contributed by atoms with E-state index < -0.39 is 5.79 Å². The molecule has 3 heterocycles. The summed E-state index contributed by atoms with van der Waals surface area (Å²) in [6.45, 7) is 7.69. The Bertz CT molecular complexity index is 613. The van der Waals surface area contributed by atoms with Crippen molar-refractivity contribution >= 4 is 11.5 Å². The van der Waals surface area contributed by atoms with E-state index in [4.69, 9.17) is 15.2 Å². The van der Waals surface area contributed by atoms with E-state index in [2.05, 4.69) is 16.9 Å². The van der Waals surface area contributed by atoms with Gasteiger partial charge in [-0.1, -0.05) is 11.9 Å². The molecule has 0 aromatic carbocycles. The second-order valence-electron chi connectivity index (χ2n) is 4.99. The molecule has 2 atom stereocenters. The number of hydrogen-bond acceptors (Lipinski definition) is 5. The maximum atomic E-state index is 5.79. The van der Waals surface area contributed by atoms with Crippen molar-refractivity contribution in [2.75, 3.05) is 5.73 Å². The molecule has 0 saturated carbocycles. The Balaban J connectivity index is 0.00000147. The number of nitrogens with zero attached hydrogens (tertiary/aromatic N) is 3. The molecule has 2 aromatic rings. The van der Waals surface area contributed by atoms with E-state index in [0.29, 0.717) is 11.5 Å². The van der Waals surface area contributed by atoms with Crippen LogP contribution in [-0.2, 0) is 42.2 Å². The third-order valence-corrected chi connectivity index (χ3v) is 3.04. The van der Waals surface area contributed by atoms with Gasteiger partial charge in [-0.2, -0.15) is 6.42 Å². The van der Waals surface area contributed by atoms with Crippen molar-refractivity contribution in [3.05, 3.63) is 37.6 Å². The van der Waals surface area contributed by atoms with Gasteiger partial charge < -0.3 is 31.5 Å². The number of hydrogen-bond donors (Lipinski definition) is 1. The summed E-state index contributed by atoms with van der Waals surface area (Å²) in [6, 6.07) is 0. The van der Waals surface area contributed by atoms with Crippen molar-refractivity contribution < 1.29 is 42.2 Å². The third kappa shape index (κ3) is 2.84. The summed E-state index contributed by atoms with van der Waals surface area (Å²) in [5.41, 5.74) is 7.28. The van der Waals surface area contributed by atoms with Gasteiger partial charge in [-0.25, -0.2) is 4.98 Å². The normalized spacial score (nSPS) is 24.6. The van der Waals surface area contributed by atoms with Crippen LogP contribution in [0.1, 0.15) is 19.5 Å². The summed E-state index contributed by atoms with van der Waals surface area (Å²) < 4.78 is 13.3. The molecule has 7 heteroatoms. The molecule has 0 amide bonds. The molecule has 2 aromatic heterocycles. The van der Waals surface area contributed by atoms with Crippen molar-refractivity contribution in [3.8, 4) is 0 Å². The van der Waals surface area contributed by atoms with Crippen LogP contribution in [0.4, 0.5) is 5.82 Å². The number of rotatable bonds is 2. The van der Waals surface area contributed by atoms with Crippen LogP contribution >= 0.6 is 0 Å². The second kappa shape index (κ2) is 5.60. The first-order chi connectivity index (χ1) is 8.96. The molecule has 1 aliphatic rings. The van der Waals surface area contributed by atoms with Crippen molar-refractivity contribution in [1.29, 1.82) is 0 Å². The molecule has 0 unspecified atom stereocenters. The Morgan fingerprint density at radius 3 is 2.80 bits per heavy atom. The molecule has 1 fully saturated rings. The Kier molecular flexibility index (Phi) is 4.39. The first-order valence-corrected chi connectivity index (χ1v) is 6.07. The van der Waals surface area contributed by atoms with E-state index in [1.165, 1.54) is 0 Å². The van der Waals surface area contributed by atoms with Crippen molar-refractivity contribution in [3.63, 3.8) is 0 Å². The fourth-order valence-corrected chi connectivity index (χ4v) is 2.25. The molecule has 6 nitrogen and oxygen atoms in total. The number of nitrogen functional groups attached to an aromatic ring is 1. The minimum Gasteiger partial charge on any atom is -0.381 e. The van der Waals surface area contributed by atoms with E-state index in [-0.39, 0.29) is 44.9 Å². The predicted octanol–water partition coefficient (Wildman–Crippen LogP) is 1.22. The minimum absolute atomic E-state index is 0. The zero-order valence-corrected chi connectivity index (χ0v) is 14.3. The Labute approximate surface area is 142 Å². The summed E-state index contributed by atoms with van der Waals surface area (Å²) in [5.74, 6) is -0.216. The van der Waals surface area contributed by atoms with Gasteiger partial charge in [0, 0.05) is 51.2 Å². The zero-order valence-electron chi connectivity index (χ0n) is 11.5. The molecule has 1 saturated heterocycles. The van der Waals surface area contributed by atoms with Crippen molar-refractivity contribution in [2.45, 2.75) is 31.8 Å². The van der Waals surface area contributed by atoms with Crippen LogP contribution in [0.15, 0.2) is 18.6 Å². The van der Waals surface area contributed by atoms with Crippen LogP contribution in [0.25, 0.3) is 5.65 Å². The molecule has 2 N–H and O–H groups in total. The van der Waals surface area contributed by atoms with E-state index in [1.54, 1.807) is 12.4 Å². The monoisotopic (exact) mass is 349 g/mol. The van der Waals surface area contributed by atoms with Gasteiger partial charge in [-0.3, -0.25) is 0 Å².